The summed E-state index contributed by atoms with van der Waals surface area (Å²) in [7, 11) is 0. The third-order valence-electron chi connectivity index (χ3n) is 3.18. The topological polar surface area (TPSA) is 77.2 Å². The Kier molecular flexibility index (Phi) is 4.68. The van der Waals surface area contributed by atoms with E-state index >= 15 is 0 Å². The van der Waals surface area contributed by atoms with Crippen molar-refractivity contribution in [2.45, 2.75) is 0 Å². The lowest BCUT2D eigenvalue weighted by Gasteiger charge is -2.03. The van der Waals surface area contributed by atoms with Crippen LogP contribution in [0.2, 0.25) is 0 Å². The predicted octanol–water partition coefficient (Wildman–Crippen LogP) is 4.06. The molecule has 122 valence electrons. The number of hydrogen-bond acceptors (Lipinski definition) is 7. The summed E-state index contributed by atoms with van der Waals surface area (Å²) in [6, 6.07) is 12.3. The Bertz CT molecular complexity index is 864. The Balaban J connectivity index is 1.81. The summed E-state index contributed by atoms with van der Waals surface area (Å²) in [6.07, 6.45) is 0. The van der Waals surface area contributed by atoms with Crippen molar-refractivity contribution < 1.29 is 13.4 Å². The number of nitrogen functional groups attached to an aromatic ring is 1. The number of nitrogens with zero attached hydrogens (tertiary/aromatic N) is 1. The SMILES string of the molecule is Nc1nc(Nc2ccc(OS)cc2)sc1C(=O)c1ccc(F)cc1. The molecule has 5 nitrogen and oxygen atoms in total. The van der Waals surface area contributed by atoms with Crippen molar-refractivity contribution in [2.24, 2.45) is 0 Å². The average Bonchev–Trinajstić information content (AvgIpc) is 2.96. The van der Waals surface area contributed by atoms with Gasteiger partial charge >= 0.3 is 0 Å². The van der Waals surface area contributed by atoms with Crippen molar-refractivity contribution >= 4 is 46.7 Å². The van der Waals surface area contributed by atoms with Gasteiger partial charge in [-0.05, 0) is 48.5 Å². The molecule has 1 heterocycles. The van der Waals surface area contributed by atoms with Gasteiger partial charge in [0.15, 0.2) is 5.13 Å². The van der Waals surface area contributed by atoms with Crippen molar-refractivity contribution in [3.63, 3.8) is 0 Å². The van der Waals surface area contributed by atoms with Crippen LogP contribution >= 0.6 is 24.2 Å². The van der Waals surface area contributed by atoms with E-state index in [4.69, 9.17) is 9.92 Å². The molecule has 8 heteroatoms. The molecule has 0 amide bonds. The lowest BCUT2D eigenvalue weighted by Crippen LogP contribution is -2.02. The first kappa shape index (κ1) is 16.3. The van der Waals surface area contributed by atoms with Gasteiger partial charge in [0.2, 0.25) is 5.78 Å². The number of thiazole rings is 1. The molecule has 0 bridgehead atoms. The van der Waals surface area contributed by atoms with Gasteiger partial charge in [0, 0.05) is 24.2 Å². The summed E-state index contributed by atoms with van der Waals surface area (Å²) in [5.74, 6) is 0.0403. The second-order valence-corrected chi connectivity index (χ2v) is 5.99. The third kappa shape index (κ3) is 3.50. The van der Waals surface area contributed by atoms with Gasteiger partial charge in [-0.3, -0.25) is 4.79 Å². The van der Waals surface area contributed by atoms with E-state index < -0.39 is 5.82 Å². The van der Waals surface area contributed by atoms with Gasteiger partial charge in [0.1, 0.15) is 22.3 Å². The van der Waals surface area contributed by atoms with Crippen molar-refractivity contribution in [1.82, 2.24) is 4.98 Å². The highest BCUT2D eigenvalue weighted by atomic mass is 32.1. The Morgan fingerprint density at radius 1 is 1.17 bits per heavy atom. The summed E-state index contributed by atoms with van der Waals surface area (Å²) >= 11 is 4.85. The van der Waals surface area contributed by atoms with Crippen LogP contribution in [0.4, 0.5) is 21.0 Å². The minimum absolute atomic E-state index is 0.132. The fourth-order valence-corrected chi connectivity index (χ4v) is 2.99. The predicted molar refractivity (Wildman–Crippen MR) is 95.7 cm³/mol. The fourth-order valence-electron chi connectivity index (χ4n) is 2.00. The van der Waals surface area contributed by atoms with Crippen LogP contribution in [-0.4, -0.2) is 10.8 Å². The second kappa shape index (κ2) is 6.90. The Hall–Kier alpha value is -2.58. The maximum absolute atomic E-state index is 13.0. The number of ketones is 1. The number of thiol groups is 1. The molecule has 0 atom stereocenters. The number of benzene rings is 2. The van der Waals surface area contributed by atoms with Crippen LogP contribution in [0.1, 0.15) is 15.2 Å². The van der Waals surface area contributed by atoms with E-state index in [2.05, 4.69) is 23.2 Å². The van der Waals surface area contributed by atoms with Crippen LogP contribution in [0.25, 0.3) is 0 Å². The Morgan fingerprint density at radius 2 is 1.83 bits per heavy atom. The Labute approximate surface area is 146 Å². The van der Waals surface area contributed by atoms with Crippen LogP contribution < -0.4 is 15.2 Å². The van der Waals surface area contributed by atoms with Crippen molar-refractivity contribution in [1.29, 1.82) is 0 Å². The van der Waals surface area contributed by atoms with Crippen molar-refractivity contribution in [2.75, 3.05) is 11.1 Å². The number of hydrogen-bond donors (Lipinski definition) is 3. The number of halogens is 1. The van der Waals surface area contributed by atoms with E-state index in [-0.39, 0.29) is 11.6 Å². The molecule has 2 aromatic carbocycles. The molecule has 24 heavy (non-hydrogen) atoms. The average molecular weight is 361 g/mol. The molecule has 0 fully saturated rings. The van der Waals surface area contributed by atoms with Gasteiger partial charge in [-0.1, -0.05) is 11.3 Å². The lowest BCUT2D eigenvalue weighted by atomic mass is 10.1. The first-order chi connectivity index (χ1) is 11.6. The van der Waals surface area contributed by atoms with E-state index in [0.717, 1.165) is 17.0 Å². The van der Waals surface area contributed by atoms with E-state index in [1.165, 1.54) is 24.3 Å². The molecule has 0 unspecified atom stereocenters. The normalized spacial score (nSPS) is 10.4. The first-order valence-corrected chi connectivity index (χ1v) is 8.00. The van der Waals surface area contributed by atoms with Crippen LogP contribution in [0, 0.1) is 5.82 Å². The van der Waals surface area contributed by atoms with E-state index in [1.807, 2.05) is 0 Å². The minimum atomic E-state index is -0.403. The number of nitrogens with two attached hydrogens (primary N) is 1. The van der Waals surface area contributed by atoms with Crippen LogP contribution in [-0.2, 0) is 0 Å². The van der Waals surface area contributed by atoms with E-state index in [9.17, 15) is 9.18 Å². The monoisotopic (exact) mass is 361 g/mol. The number of nitrogens with one attached hydrogen (secondary N) is 1. The molecule has 3 aromatic rings. The van der Waals surface area contributed by atoms with Gasteiger partial charge in [-0.25, -0.2) is 9.37 Å². The standard InChI is InChI=1S/C16H12FN3O2S2/c17-10-3-1-9(2-4-10)13(21)14-15(18)20-16(24-14)19-11-5-7-12(22-23)8-6-11/h1-8,23H,18H2,(H,19,20). The highest BCUT2D eigenvalue weighted by molar-refractivity contribution is 7.75. The van der Waals surface area contributed by atoms with Crippen LogP contribution in [0.15, 0.2) is 48.5 Å². The molecule has 0 radical (unpaired) electrons. The highest BCUT2D eigenvalue weighted by Crippen LogP contribution is 2.30. The molecular formula is C16H12FN3O2S2. The minimum Gasteiger partial charge on any atom is -0.429 e. The lowest BCUT2D eigenvalue weighted by molar-refractivity contribution is 0.104. The number of rotatable bonds is 5. The van der Waals surface area contributed by atoms with E-state index in [0.29, 0.717) is 21.3 Å². The third-order valence-corrected chi connectivity index (χ3v) is 4.37. The van der Waals surface area contributed by atoms with Gasteiger partial charge in [0.05, 0.1) is 0 Å². The zero-order chi connectivity index (χ0) is 17.1. The molecule has 3 rings (SSSR count). The van der Waals surface area contributed by atoms with Crippen LogP contribution in [0.3, 0.4) is 0 Å². The highest BCUT2D eigenvalue weighted by Gasteiger charge is 2.18. The molecule has 1 aromatic heterocycles. The van der Waals surface area contributed by atoms with Gasteiger partial charge in [-0.2, -0.15) is 0 Å². The smallest absolute Gasteiger partial charge is 0.206 e. The molecule has 0 saturated heterocycles. The number of carbonyl (C=O) groups is 1. The van der Waals surface area contributed by atoms with Gasteiger partial charge < -0.3 is 15.2 Å². The largest absolute Gasteiger partial charge is 0.429 e. The number of anilines is 3. The number of aromatic nitrogens is 1. The summed E-state index contributed by atoms with van der Waals surface area (Å²) in [5, 5.41) is 3.55. The first-order valence-electron chi connectivity index (χ1n) is 6.82. The van der Waals surface area contributed by atoms with Crippen LogP contribution in [0.5, 0.6) is 5.75 Å². The van der Waals surface area contributed by atoms with Gasteiger partial charge in [0.25, 0.3) is 0 Å². The zero-order valence-corrected chi connectivity index (χ0v) is 13.9. The molecule has 0 aliphatic rings. The fraction of sp³-hybridized carbons (Fsp3) is 0. The van der Waals surface area contributed by atoms with Gasteiger partial charge in [-0.15, -0.1) is 0 Å². The molecule has 3 N–H and O–H groups in total. The quantitative estimate of drug-likeness (QED) is 0.363. The summed E-state index contributed by atoms with van der Waals surface area (Å²) in [4.78, 5) is 16.9. The summed E-state index contributed by atoms with van der Waals surface area (Å²) in [5.41, 5.74) is 6.96. The Morgan fingerprint density at radius 3 is 2.46 bits per heavy atom. The maximum atomic E-state index is 13.0. The van der Waals surface area contributed by atoms with E-state index in [1.54, 1.807) is 24.3 Å². The summed E-state index contributed by atoms with van der Waals surface area (Å²) in [6.45, 7) is 0. The molecule has 0 aliphatic carbocycles. The summed E-state index contributed by atoms with van der Waals surface area (Å²) < 4.78 is 17.8. The maximum Gasteiger partial charge on any atom is 0.206 e. The number of carbonyl (C=O) groups excluding carboxylic acids is 1. The molecule has 0 saturated carbocycles. The van der Waals surface area contributed by atoms with Crippen molar-refractivity contribution in [3.8, 4) is 5.75 Å². The van der Waals surface area contributed by atoms with Crippen molar-refractivity contribution in [3.05, 3.63) is 64.8 Å². The molecule has 0 aliphatic heterocycles. The zero-order valence-electron chi connectivity index (χ0n) is 12.2. The molecular weight excluding hydrogens is 349 g/mol. The second-order valence-electron chi connectivity index (χ2n) is 4.81. The molecule has 0 spiro atoms.